The fraction of sp³-hybridized carbons (Fsp3) is 0.857. The van der Waals surface area contributed by atoms with Gasteiger partial charge in [-0.1, -0.05) is 51.9 Å². The van der Waals surface area contributed by atoms with Gasteiger partial charge in [0.2, 0.25) is 23.6 Å². The molecule has 10 nitrogen and oxygen atoms in total. The lowest BCUT2D eigenvalue weighted by Crippen LogP contribution is -2.50. The van der Waals surface area contributed by atoms with E-state index in [1.54, 1.807) is 0 Å². The van der Waals surface area contributed by atoms with E-state index in [1.165, 1.54) is 12.8 Å². The van der Waals surface area contributed by atoms with Crippen LogP contribution in [-0.2, 0) is 19.2 Å². The summed E-state index contributed by atoms with van der Waals surface area (Å²) in [6.45, 7) is 4.37. The maximum atomic E-state index is 12.7. The van der Waals surface area contributed by atoms with E-state index in [0.717, 1.165) is 90.1 Å². The van der Waals surface area contributed by atoms with Crippen LogP contribution in [0.25, 0.3) is 0 Å². The maximum absolute atomic E-state index is 12.7. The van der Waals surface area contributed by atoms with Crippen LogP contribution in [0.3, 0.4) is 0 Å². The molecule has 0 fully saturated rings. The van der Waals surface area contributed by atoms with Gasteiger partial charge in [0, 0.05) is 19.4 Å². The molecule has 0 aliphatic rings. The van der Waals surface area contributed by atoms with Gasteiger partial charge in [-0.25, -0.2) is 0 Å². The van der Waals surface area contributed by atoms with Gasteiger partial charge in [0.15, 0.2) is 0 Å². The van der Waals surface area contributed by atoms with E-state index in [2.05, 4.69) is 34.3 Å². The van der Waals surface area contributed by atoms with Crippen molar-refractivity contribution >= 4 is 23.6 Å². The highest BCUT2D eigenvalue weighted by Crippen LogP contribution is 2.08. The Balaban J connectivity index is 4.13. The average molecular weight is 543 g/mol. The van der Waals surface area contributed by atoms with Crippen LogP contribution < -0.4 is 33.2 Å². The molecule has 0 rings (SSSR count). The van der Waals surface area contributed by atoms with E-state index in [-0.39, 0.29) is 17.7 Å². The van der Waals surface area contributed by atoms with E-state index in [4.69, 9.17) is 5.73 Å². The monoisotopic (exact) mass is 542 g/mol. The summed E-state index contributed by atoms with van der Waals surface area (Å²) in [5.74, 6) is -0.773. The first kappa shape index (κ1) is 35.8. The number of rotatable bonds is 26. The molecule has 0 aliphatic heterocycles. The van der Waals surface area contributed by atoms with Gasteiger partial charge in [-0.3, -0.25) is 19.2 Å². The molecule has 0 aliphatic carbocycles. The Hall–Kier alpha value is -2.20. The molecular weight excluding hydrogens is 484 g/mol. The van der Waals surface area contributed by atoms with Crippen molar-refractivity contribution < 1.29 is 30.6 Å². The van der Waals surface area contributed by atoms with Crippen LogP contribution in [-0.4, -0.2) is 55.3 Å². The van der Waals surface area contributed by atoms with E-state index < -0.39 is 18.0 Å². The SMILES string of the molecule is CCCCCCCC(=O)NC(CCCC[NH3+])C(=O)NCCCCCCCC(=O)NC(CCCC[NH3+])C(N)=O. The van der Waals surface area contributed by atoms with Crippen LogP contribution in [0.15, 0.2) is 0 Å². The lowest BCUT2D eigenvalue weighted by atomic mass is 10.1. The number of nitrogens with two attached hydrogens (primary N) is 1. The molecular formula is C28H58N6O4+2. The first-order valence-corrected chi connectivity index (χ1v) is 15.1. The third-order valence-electron chi connectivity index (χ3n) is 6.70. The third-order valence-corrected chi connectivity index (χ3v) is 6.70. The second kappa shape index (κ2) is 25.1. The number of hydrogen-bond donors (Lipinski definition) is 6. The van der Waals surface area contributed by atoms with E-state index >= 15 is 0 Å². The lowest BCUT2D eigenvalue weighted by molar-refractivity contribution is -0.368. The Bertz CT molecular complexity index is 647. The number of primary amides is 1. The average Bonchev–Trinajstić information content (AvgIpc) is 2.88. The minimum absolute atomic E-state index is 0.0410. The van der Waals surface area contributed by atoms with Crippen LogP contribution in [0.2, 0.25) is 0 Å². The van der Waals surface area contributed by atoms with Crippen LogP contribution in [0, 0.1) is 0 Å². The minimum atomic E-state index is -0.601. The molecule has 4 amide bonds. The normalized spacial score (nSPS) is 12.5. The van der Waals surface area contributed by atoms with Crippen molar-refractivity contribution in [2.24, 2.45) is 5.73 Å². The van der Waals surface area contributed by atoms with E-state index in [0.29, 0.717) is 32.2 Å². The Kier molecular flexibility index (Phi) is 23.6. The summed E-state index contributed by atoms with van der Waals surface area (Å²) in [7, 11) is 0. The predicted octanol–water partition coefficient (Wildman–Crippen LogP) is 1.08. The topological polar surface area (TPSA) is 186 Å². The molecule has 0 bridgehead atoms. The summed E-state index contributed by atoms with van der Waals surface area (Å²) in [6.07, 6.45) is 15.4. The van der Waals surface area contributed by atoms with Crippen molar-refractivity contribution in [3.05, 3.63) is 0 Å². The van der Waals surface area contributed by atoms with E-state index in [1.807, 2.05) is 0 Å². The third kappa shape index (κ3) is 20.8. The summed E-state index contributed by atoms with van der Waals surface area (Å²) in [5, 5.41) is 8.67. The standard InChI is InChI=1S/C28H56N6O4/c1-2-3-4-6-9-19-26(36)34-24(17-12-14-21-30)28(38)32-22-15-8-5-7-10-18-25(35)33-23(27(31)37)16-11-13-20-29/h23-24H,2-22,29-30H2,1H3,(H2,31,37)(H,32,38)(H,33,35)(H,34,36)/p+2. The molecule has 2 unspecified atom stereocenters. The fourth-order valence-corrected chi connectivity index (χ4v) is 4.30. The van der Waals surface area contributed by atoms with Crippen molar-refractivity contribution in [1.82, 2.24) is 16.0 Å². The zero-order chi connectivity index (χ0) is 28.4. The fourth-order valence-electron chi connectivity index (χ4n) is 4.30. The molecule has 0 saturated carbocycles. The Morgan fingerprint density at radius 1 is 0.632 bits per heavy atom. The smallest absolute Gasteiger partial charge is 0.242 e. The van der Waals surface area contributed by atoms with Crippen molar-refractivity contribution in [2.45, 2.75) is 135 Å². The Labute approximate surface area is 230 Å². The molecule has 0 radical (unpaired) electrons. The summed E-state index contributed by atoms with van der Waals surface area (Å²) < 4.78 is 0. The highest BCUT2D eigenvalue weighted by atomic mass is 16.2. The summed E-state index contributed by atoms with van der Waals surface area (Å²) >= 11 is 0. The number of unbranched alkanes of at least 4 members (excludes halogenated alkanes) is 10. The summed E-state index contributed by atoms with van der Waals surface area (Å²) in [5.41, 5.74) is 13.0. The van der Waals surface area contributed by atoms with Crippen molar-refractivity contribution in [3.8, 4) is 0 Å². The lowest BCUT2D eigenvalue weighted by Gasteiger charge is -2.18. The molecule has 11 N–H and O–H groups in total. The molecule has 0 aromatic heterocycles. The molecule has 38 heavy (non-hydrogen) atoms. The van der Waals surface area contributed by atoms with Gasteiger partial charge in [-0.15, -0.1) is 0 Å². The van der Waals surface area contributed by atoms with Gasteiger partial charge in [0.25, 0.3) is 0 Å². The van der Waals surface area contributed by atoms with Crippen molar-refractivity contribution in [2.75, 3.05) is 19.6 Å². The van der Waals surface area contributed by atoms with Crippen molar-refractivity contribution in [1.29, 1.82) is 0 Å². The van der Waals surface area contributed by atoms with Gasteiger partial charge >= 0.3 is 0 Å². The molecule has 0 aromatic rings. The number of quaternary nitrogens is 2. The van der Waals surface area contributed by atoms with Crippen LogP contribution in [0.1, 0.15) is 122 Å². The zero-order valence-corrected chi connectivity index (χ0v) is 24.1. The molecule has 222 valence electrons. The zero-order valence-electron chi connectivity index (χ0n) is 24.1. The quantitative estimate of drug-likeness (QED) is 0.0894. The van der Waals surface area contributed by atoms with Gasteiger partial charge in [-0.05, 0) is 57.8 Å². The highest BCUT2D eigenvalue weighted by molar-refractivity contribution is 5.87. The van der Waals surface area contributed by atoms with Gasteiger partial charge < -0.3 is 33.2 Å². The number of carbonyl (C=O) groups is 4. The summed E-state index contributed by atoms with van der Waals surface area (Å²) in [6, 6.07) is -1.08. The molecule has 0 heterocycles. The number of nitrogens with one attached hydrogen (secondary N) is 3. The first-order chi connectivity index (χ1) is 18.3. The Morgan fingerprint density at radius 2 is 1.11 bits per heavy atom. The molecule has 0 aromatic carbocycles. The van der Waals surface area contributed by atoms with E-state index in [9.17, 15) is 19.2 Å². The van der Waals surface area contributed by atoms with Gasteiger partial charge in [-0.2, -0.15) is 0 Å². The first-order valence-electron chi connectivity index (χ1n) is 15.1. The molecule has 2 atom stereocenters. The predicted molar refractivity (Wildman–Crippen MR) is 150 cm³/mol. The van der Waals surface area contributed by atoms with Crippen LogP contribution in [0.4, 0.5) is 0 Å². The van der Waals surface area contributed by atoms with Crippen molar-refractivity contribution in [3.63, 3.8) is 0 Å². The van der Waals surface area contributed by atoms with Gasteiger partial charge in [0.05, 0.1) is 13.1 Å². The highest BCUT2D eigenvalue weighted by Gasteiger charge is 2.20. The number of carbonyl (C=O) groups excluding carboxylic acids is 4. The molecule has 0 spiro atoms. The number of hydrogen-bond acceptors (Lipinski definition) is 4. The second-order valence-corrected chi connectivity index (χ2v) is 10.3. The minimum Gasteiger partial charge on any atom is -0.368 e. The largest absolute Gasteiger partial charge is 0.368 e. The van der Waals surface area contributed by atoms with Gasteiger partial charge in [0.1, 0.15) is 12.1 Å². The van der Waals surface area contributed by atoms with Crippen LogP contribution in [0.5, 0.6) is 0 Å². The molecule has 10 heteroatoms. The second-order valence-electron chi connectivity index (χ2n) is 10.3. The number of amides is 4. The maximum Gasteiger partial charge on any atom is 0.242 e. The Morgan fingerprint density at radius 3 is 1.63 bits per heavy atom. The molecule has 0 saturated heterocycles. The summed E-state index contributed by atoms with van der Waals surface area (Å²) in [4.78, 5) is 48.7. The van der Waals surface area contributed by atoms with Crippen LogP contribution >= 0.6 is 0 Å².